The van der Waals surface area contributed by atoms with Crippen molar-refractivity contribution >= 4 is 5.96 Å². The second-order valence-corrected chi connectivity index (χ2v) is 5.38. The van der Waals surface area contributed by atoms with Crippen molar-refractivity contribution in [1.82, 2.24) is 30.3 Å². The summed E-state index contributed by atoms with van der Waals surface area (Å²) in [5, 5.41) is 10.8. The van der Waals surface area contributed by atoms with E-state index in [2.05, 4.69) is 37.5 Å². The Kier molecular flexibility index (Phi) is 5.98. The zero-order valence-corrected chi connectivity index (χ0v) is 13.3. The molecule has 2 rings (SSSR count). The highest BCUT2D eigenvalue weighted by Crippen LogP contribution is 2.15. The molecule has 1 unspecified atom stereocenters. The largest absolute Gasteiger partial charge is 0.355 e. The number of hydrogen-bond donors (Lipinski definition) is 2. The third-order valence-corrected chi connectivity index (χ3v) is 4.10. The van der Waals surface area contributed by atoms with E-state index in [9.17, 15) is 0 Å². The summed E-state index contributed by atoms with van der Waals surface area (Å²) in [6, 6.07) is 0.608. The number of hydrogen-bond acceptors (Lipinski definition) is 4. The Balaban J connectivity index is 1.78. The maximum absolute atomic E-state index is 4.27. The van der Waals surface area contributed by atoms with Gasteiger partial charge in [0.2, 0.25) is 0 Å². The monoisotopic (exact) mass is 293 g/mol. The van der Waals surface area contributed by atoms with Crippen molar-refractivity contribution in [2.24, 2.45) is 12.0 Å². The molecule has 7 heteroatoms. The molecule has 2 N–H and O–H groups in total. The number of piperidine rings is 1. The van der Waals surface area contributed by atoms with E-state index in [0.29, 0.717) is 12.6 Å². The van der Waals surface area contributed by atoms with Gasteiger partial charge in [0.05, 0.1) is 6.54 Å². The highest BCUT2D eigenvalue weighted by Gasteiger charge is 2.20. The molecule has 0 radical (unpaired) electrons. The minimum atomic E-state index is 0.608. The molecule has 2 heterocycles. The van der Waals surface area contributed by atoms with Gasteiger partial charge in [0.15, 0.2) is 5.96 Å². The number of aryl methyl sites for hydroxylation is 1. The molecule has 0 amide bonds. The van der Waals surface area contributed by atoms with Gasteiger partial charge in [0.25, 0.3) is 0 Å². The number of aliphatic imine (C=N–C) groups is 1. The van der Waals surface area contributed by atoms with Crippen molar-refractivity contribution in [1.29, 1.82) is 0 Å². The maximum atomic E-state index is 4.27. The van der Waals surface area contributed by atoms with Gasteiger partial charge < -0.3 is 10.6 Å². The maximum Gasteiger partial charge on any atom is 0.191 e. The van der Waals surface area contributed by atoms with Gasteiger partial charge in [-0.2, -0.15) is 5.10 Å². The van der Waals surface area contributed by atoms with Crippen molar-refractivity contribution in [3.8, 4) is 0 Å². The molecule has 0 aliphatic carbocycles. The lowest BCUT2D eigenvalue weighted by Crippen LogP contribution is -2.49. The normalized spacial score (nSPS) is 20.5. The van der Waals surface area contributed by atoms with Crippen LogP contribution in [0.1, 0.15) is 32.0 Å². The standard InChI is InChI=1S/C14H27N7/c1-4-21-8-6-5-7-12(21)9-16-14(15-2)17-10-13-18-11-19-20(13)3/h11-12H,4-10H2,1-3H3,(H2,15,16,17). The summed E-state index contributed by atoms with van der Waals surface area (Å²) in [6.07, 6.45) is 5.48. The zero-order valence-electron chi connectivity index (χ0n) is 13.3. The number of guanidine groups is 1. The Morgan fingerprint density at radius 2 is 2.29 bits per heavy atom. The molecule has 7 nitrogen and oxygen atoms in total. The van der Waals surface area contributed by atoms with Crippen LogP contribution in [0, 0.1) is 0 Å². The van der Waals surface area contributed by atoms with Crippen LogP contribution in [0.2, 0.25) is 0 Å². The molecule has 1 aliphatic rings. The molecule has 1 saturated heterocycles. The first-order valence-electron chi connectivity index (χ1n) is 7.76. The fourth-order valence-corrected chi connectivity index (χ4v) is 2.79. The van der Waals surface area contributed by atoms with Crippen LogP contribution < -0.4 is 10.6 Å². The van der Waals surface area contributed by atoms with E-state index < -0.39 is 0 Å². The molecule has 118 valence electrons. The summed E-state index contributed by atoms with van der Waals surface area (Å²) >= 11 is 0. The molecular weight excluding hydrogens is 266 g/mol. The van der Waals surface area contributed by atoms with Gasteiger partial charge in [-0.05, 0) is 25.9 Å². The number of rotatable bonds is 5. The van der Waals surface area contributed by atoms with Crippen molar-refractivity contribution in [3.63, 3.8) is 0 Å². The van der Waals surface area contributed by atoms with Crippen molar-refractivity contribution < 1.29 is 0 Å². The van der Waals surface area contributed by atoms with Gasteiger partial charge in [0.1, 0.15) is 12.2 Å². The van der Waals surface area contributed by atoms with E-state index in [1.54, 1.807) is 18.1 Å². The minimum Gasteiger partial charge on any atom is -0.355 e. The molecule has 0 spiro atoms. The van der Waals surface area contributed by atoms with Gasteiger partial charge in [0, 0.05) is 26.7 Å². The summed E-state index contributed by atoms with van der Waals surface area (Å²) in [5.41, 5.74) is 0. The van der Waals surface area contributed by atoms with E-state index >= 15 is 0 Å². The molecule has 1 fully saturated rings. The van der Waals surface area contributed by atoms with Crippen LogP contribution in [-0.4, -0.2) is 58.3 Å². The number of likely N-dealkylation sites (N-methyl/N-ethyl adjacent to an activating group) is 1. The third-order valence-electron chi connectivity index (χ3n) is 4.10. The van der Waals surface area contributed by atoms with Crippen LogP contribution in [0.5, 0.6) is 0 Å². The smallest absolute Gasteiger partial charge is 0.191 e. The first-order chi connectivity index (χ1) is 10.2. The Morgan fingerprint density at radius 3 is 2.95 bits per heavy atom. The number of likely N-dealkylation sites (tertiary alicyclic amines) is 1. The zero-order chi connectivity index (χ0) is 15.1. The molecule has 0 aromatic carbocycles. The molecule has 1 atom stereocenters. The molecule has 0 bridgehead atoms. The SMILES string of the molecule is CCN1CCCCC1CNC(=NC)NCc1ncnn1C. The van der Waals surface area contributed by atoms with E-state index in [-0.39, 0.29) is 0 Å². The number of nitrogens with zero attached hydrogens (tertiary/aromatic N) is 5. The molecule has 1 aromatic heterocycles. The topological polar surface area (TPSA) is 70.4 Å². The van der Waals surface area contributed by atoms with Crippen LogP contribution in [0.4, 0.5) is 0 Å². The quantitative estimate of drug-likeness (QED) is 0.606. The fraction of sp³-hybridized carbons (Fsp3) is 0.786. The first-order valence-corrected chi connectivity index (χ1v) is 7.76. The summed E-state index contributed by atoms with van der Waals surface area (Å²) in [4.78, 5) is 11.0. The Hall–Kier alpha value is -1.63. The first kappa shape index (κ1) is 15.8. The van der Waals surface area contributed by atoms with Crippen molar-refractivity contribution in [2.75, 3.05) is 26.7 Å². The Labute approximate surface area is 126 Å². The van der Waals surface area contributed by atoms with Crippen molar-refractivity contribution in [2.45, 2.75) is 38.8 Å². The minimum absolute atomic E-state index is 0.608. The summed E-state index contributed by atoms with van der Waals surface area (Å²) < 4.78 is 1.76. The summed E-state index contributed by atoms with van der Waals surface area (Å²) in [6.45, 7) is 6.13. The van der Waals surface area contributed by atoms with Crippen LogP contribution in [-0.2, 0) is 13.6 Å². The van der Waals surface area contributed by atoms with Crippen LogP contribution in [0.25, 0.3) is 0 Å². The predicted molar refractivity (Wildman–Crippen MR) is 84.1 cm³/mol. The van der Waals surface area contributed by atoms with Gasteiger partial charge in [-0.1, -0.05) is 13.3 Å². The molecule has 21 heavy (non-hydrogen) atoms. The lowest BCUT2D eigenvalue weighted by molar-refractivity contribution is 0.157. The fourth-order valence-electron chi connectivity index (χ4n) is 2.79. The summed E-state index contributed by atoms with van der Waals surface area (Å²) in [7, 11) is 3.69. The van der Waals surface area contributed by atoms with Gasteiger partial charge in [-0.15, -0.1) is 0 Å². The van der Waals surface area contributed by atoms with Gasteiger partial charge >= 0.3 is 0 Å². The van der Waals surface area contributed by atoms with Crippen molar-refractivity contribution in [3.05, 3.63) is 12.2 Å². The second-order valence-electron chi connectivity index (χ2n) is 5.38. The van der Waals surface area contributed by atoms with Crippen LogP contribution in [0.15, 0.2) is 11.3 Å². The van der Waals surface area contributed by atoms with E-state index in [1.165, 1.54) is 25.8 Å². The highest BCUT2D eigenvalue weighted by molar-refractivity contribution is 5.79. The van der Waals surface area contributed by atoms with Crippen LogP contribution in [0.3, 0.4) is 0 Å². The van der Waals surface area contributed by atoms with E-state index in [0.717, 1.165) is 24.9 Å². The lowest BCUT2D eigenvalue weighted by atomic mass is 10.0. The average Bonchev–Trinajstić information content (AvgIpc) is 2.93. The Morgan fingerprint density at radius 1 is 1.43 bits per heavy atom. The van der Waals surface area contributed by atoms with E-state index in [4.69, 9.17) is 0 Å². The molecular formula is C14H27N7. The highest BCUT2D eigenvalue weighted by atomic mass is 15.3. The van der Waals surface area contributed by atoms with Gasteiger partial charge in [-0.3, -0.25) is 14.6 Å². The van der Waals surface area contributed by atoms with E-state index in [1.807, 2.05) is 7.05 Å². The average molecular weight is 293 g/mol. The molecule has 0 saturated carbocycles. The van der Waals surface area contributed by atoms with Crippen LogP contribution >= 0.6 is 0 Å². The third kappa shape index (κ3) is 4.42. The predicted octanol–water partition coefficient (Wildman–Crippen LogP) is 0.355. The second kappa shape index (κ2) is 7.97. The Bertz CT molecular complexity index is 454. The van der Waals surface area contributed by atoms with Gasteiger partial charge in [-0.25, -0.2) is 4.98 Å². The molecule has 1 aliphatic heterocycles. The molecule has 1 aromatic rings. The lowest BCUT2D eigenvalue weighted by Gasteiger charge is -2.35. The number of aromatic nitrogens is 3. The number of nitrogens with one attached hydrogen (secondary N) is 2. The summed E-state index contributed by atoms with van der Waals surface area (Å²) in [5.74, 6) is 1.71.